The first kappa shape index (κ1) is 24.4. The van der Waals surface area contributed by atoms with Gasteiger partial charge in [-0.05, 0) is 42.7 Å². The lowest BCUT2D eigenvalue weighted by Gasteiger charge is -2.30. The fourth-order valence-corrected chi connectivity index (χ4v) is 4.15. The average Bonchev–Trinajstić information content (AvgIpc) is 2.85. The Morgan fingerprint density at radius 1 is 1.03 bits per heavy atom. The van der Waals surface area contributed by atoms with E-state index in [0.717, 1.165) is 17.5 Å². The number of hydrogen-bond acceptors (Lipinski definition) is 5. The molecule has 7 nitrogen and oxygen atoms in total. The maximum absolute atomic E-state index is 13.0. The molecule has 10 heteroatoms. The molecule has 0 bridgehead atoms. The summed E-state index contributed by atoms with van der Waals surface area (Å²) in [6, 6.07) is 12.4. The SMILES string of the molecule is CC(=O)N1CCC(C(=O)NCc2nc(NCc3cccc(C(F)(F)F)c3)c3ccccc3n2)CC1. The molecule has 4 rings (SSSR count). The maximum Gasteiger partial charge on any atom is 0.416 e. The third-order valence-electron chi connectivity index (χ3n) is 6.10. The molecule has 2 heterocycles. The van der Waals surface area contributed by atoms with Gasteiger partial charge in [0.25, 0.3) is 0 Å². The van der Waals surface area contributed by atoms with Gasteiger partial charge in [0.1, 0.15) is 5.82 Å². The zero-order chi connectivity index (χ0) is 25.0. The average molecular weight is 486 g/mol. The van der Waals surface area contributed by atoms with Crippen LogP contribution in [0.2, 0.25) is 0 Å². The minimum absolute atomic E-state index is 0.0126. The van der Waals surface area contributed by atoms with Crippen molar-refractivity contribution in [1.29, 1.82) is 0 Å². The van der Waals surface area contributed by atoms with E-state index in [0.29, 0.717) is 48.7 Å². The van der Waals surface area contributed by atoms with Crippen LogP contribution in [0.3, 0.4) is 0 Å². The van der Waals surface area contributed by atoms with Gasteiger partial charge in [-0.3, -0.25) is 9.59 Å². The Morgan fingerprint density at radius 2 is 1.77 bits per heavy atom. The zero-order valence-corrected chi connectivity index (χ0v) is 19.2. The molecule has 2 aromatic carbocycles. The first-order valence-electron chi connectivity index (χ1n) is 11.4. The molecule has 184 valence electrons. The number of alkyl halides is 3. The van der Waals surface area contributed by atoms with Crippen LogP contribution >= 0.6 is 0 Å². The standard InChI is InChI=1S/C25H26F3N5O2/c1-16(34)33-11-9-18(10-12-33)24(35)30-15-22-31-21-8-3-2-7-20(21)23(32-22)29-14-17-5-4-6-19(13-17)25(26,27)28/h2-8,13,18H,9-12,14-15H2,1H3,(H,30,35)(H,29,31,32). The van der Waals surface area contributed by atoms with Crippen LogP contribution in [0.4, 0.5) is 19.0 Å². The number of piperidine rings is 1. The Labute approximate surface area is 200 Å². The molecule has 0 spiro atoms. The number of nitrogens with zero attached hydrogens (tertiary/aromatic N) is 3. The molecule has 0 radical (unpaired) electrons. The van der Waals surface area contributed by atoms with E-state index in [1.54, 1.807) is 11.0 Å². The van der Waals surface area contributed by atoms with Crippen molar-refractivity contribution < 1.29 is 22.8 Å². The van der Waals surface area contributed by atoms with E-state index in [2.05, 4.69) is 20.6 Å². The van der Waals surface area contributed by atoms with Gasteiger partial charge in [0, 0.05) is 37.9 Å². The highest BCUT2D eigenvalue weighted by atomic mass is 19.4. The van der Waals surface area contributed by atoms with Crippen molar-refractivity contribution >= 4 is 28.5 Å². The number of hydrogen-bond donors (Lipinski definition) is 2. The van der Waals surface area contributed by atoms with Crippen LogP contribution in [0.5, 0.6) is 0 Å². The highest BCUT2D eigenvalue weighted by molar-refractivity contribution is 5.89. The topological polar surface area (TPSA) is 87.2 Å². The molecule has 1 aliphatic heterocycles. The van der Waals surface area contributed by atoms with E-state index in [4.69, 9.17) is 0 Å². The third kappa shape index (κ3) is 6.06. The molecule has 1 saturated heterocycles. The van der Waals surface area contributed by atoms with Crippen LogP contribution in [0.1, 0.15) is 36.7 Å². The third-order valence-corrected chi connectivity index (χ3v) is 6.10. The number of carbonyl (C=O) groups is 2. The second-order valence-electron chi connectivity index (χ2n) is 8.56. The van der Waals surface area contributed by atoms with E-state index in [-0.39, 0.29) is 30.8 Å². The molecule has 1 fully saturated rings. The summed E-state index contributed by atoms with van der Waals surface area (Å²) in [6.07, 6.45) is -3.20. The highest BCUT2D eigenvalue weighted by Gasteiger charge is 2.30. The lowest BCUT2D eigenvalue weighted by molar-refractivity contribution is -0.137. The number of likely N-dealkylation sites (tertiary alicyclic amines) is 1. The summed E-state index contributed by atoms with van der Waals surface area (Å²) in [5.41, 5.74) is 0.421. The monoisotopic (exact) mass is 485 g/mol. The molecule has 3 aromatic rings. The largest absolute Gasteiger partial charge is 0.416 e. The van der Waals surface area contributed by atoms with Gasteiger partial charge in [0.05, 0.1) is 17.6 Å². The van der Waals surface area contributed by atoms with E-state index in [1.807, 2.05) is 24.3 Å². The molecule has 35 heavy (non-hydrogen) atoms. The predicted octanol–water partition coefficient (Wildman–Crippen LogP) is 4.14. The van der Waals surface area contributed by atoms with Crippen molar-refractivity contribution in [1.82, 2.24) is 20.2 Å². The van der Waals surface area contributed by atoms with Crippen molar-refractivity contribution in [2.24, 2.45) is 5.92 Å². The van der Waals surface area contributed by atoms with Crippen LogP contribution in [-0.4, -0.2) is 39.8 Å². The number of carbonyl (C=O) groups excluding carboxylic acids is 2. The minimum atomic E-state index is -4.41. The first-order chi connectivity index (χ1) is 16.7. The van der Waals surface area contributed by atoms with E-state index < -0.39 is 11.7 Å². The Morgan fingerprint density at radius 3 is 2.49 bits per heavy atom. The summed E-state index contributed by atoms with van der Waals surface area (Å²) in [5.74, 6) is 0.600. The number of anilines is 1. The van der Waals surface area contributed by atoms with Gasteiger partial charge < -0.3 is 15.5 Å². The smallest absolute Gasteiger partial charge is 0.365 e. The lowest BCUT2D eigenvalue weighted by Crippen LogP contribution is -2.42. The number of fused-ring (bicyclic) bond motifs is 1. The number of halogens is 3. The maximum atomic E-state index is 13.0. The van der Waals surface area contributed by atoms with Gasteiger partial charge in [-0.15, -0.1) is 0 Å². The van der Waals surface area contributed by atoms with Crippen LogP contribution in [0, 0.1) is 5.92 Å². The summed E-state index contributed by atoms with van der Waals surface area (Å²) in [5, 5.41) is 6.73. The van der Waals surface area contributed by atoms with Gasteiger partial charge in [-0.1, -0.05) is 24.3 Å². The summed E-state index contributed by atoms with van der Waals surface area (Å²) >= 11 is 0. The van der Waals surface area contributed by atoms with Crippen LogP contribution in [-0.2, 0) is 28.9 Å². The number of nitrogens with one attached hydrogen (secondary N) is 2. The second-order valence-corrected chi connectivity index (χ2v) is 8.56. The normalized spacial score (nSPS) is 14.7. The highest BCUT2D eigenvalue weighted by Crippen LogP contribution is 2.30. The second kappa shape index (κ2) is 10.3. The van der Waals surface area contributed by atoms with E-state index >= 15 is 0 Å². The zero-order valence-electron chi connectivity index (χ0n) is 19.2. The number of rotatable bonds is 6. The molecule has 0 saturated carbocycles. The Kier molecular flexibility index (Phi) is 7.18. The van der Waals surface area contributed by atoms with Gasteiger partial charge in [-0.2, -0.15) is 13.2 Å². The van der Waals surface area contributed by atoms with Gasteiger partial charge in [0.15, 0.2) is 5.82 Å². The summed E-state index contributed by atoms with van der Waals surface area (Å²) in [4.78, 5) is 34.9. The lowest BCUT2D eigenvalue weighted by atomic mass is 9.96. The molecule has 0 atom stereocenters. The van der Waals surface area contributed by atoms with Crippen LogP contribution in [0.25, 0.3) is 10.9 Å². The van der Waals surface area contributed by atoms with E-state index in [9.17, 15) is 22.8 Å². The molecule has 0 aliphatic carbocycles. The number of aromatic nitrogens is 2. The predicted molar refractivity (Wildman–Crippen MR) is 125 cm³/mol. The van der Waals surface area contributed by atoms with Crippen molar-refractivity contribution in [3.8, 4) is 0 Å². The molecular formula is C25H26F3N5O2. The van der Waals surface area contributed by atoms with Crippen molar-refractivity contribution in [3.05, 3.63) is 65.5 Å². The molecule has 2 amide bonds. The molecular weight excluding hydrogens is 459 g/mol. The fraction of sp³-hybridized carbons (Fsp3) is 0.360. The summed E-state index contributed by atoms with van der Waals surface area (Å²) in [7, 11) is 0. The molecule has 1 aliphatic rings. The van der Waals surface area contributed by atoms with Crippen LogP contribution < -0.4 is 10.6 Å². The molecule has 0 unspecified atom stereocenters. The Bertz CT molecular complexity index is 1220. The van der Waals surface area contributed by atoms with Gasteiger partial charge in [0.2, 0.25) is 11.8 Å². The van der Waals surface area contributed by atoms with E-state index in [1.165, 1.54) is 13.0 Å². The van der Waals surface area contributed by atoms with Crippen LogP contribution in [0.15, 0.2) is 48.5 Å². The van der Waals surface area contributed by atoms with Crippen molar-refractivity contribution in [3.63, 3.8) is 0 Å². The molecule has 1 aromatic heterocycles. The van der Waals surface area contributed by atoms with Gasteiger partial charge in [-0.25, -0.2) is 9.97 Å². The van der Waals surface area contributed by atoms with Crippen molar-refractivity contribution in [2.75, 3.05) is 18.4 Å². The van der Waals surface area contributed by atoms with Gasteiger partial charge >= 0.3 is 6.18 Å². The minimum Gasteiger partial charge on any atom is -0.365 e. The summed E-state index contributed by atoms with van der Waals surface area (Å²) < 4.78 is 39.1. The number of benzene rings is 2. The Hall–Kier alpha value is -3.69. The number of amides is 2. The van der Waals surface area contributed by atoms with Crippen molar-refractivity contribution in [2.45, 2.75) is 39.0 Å². The Balaban J connectivity index is 1.45. The number of para-hydroxylation sites is 1. The summed E-state index contributed by atoms with van der Waals surface area (Å²) in [6.45, 7) is 2.91. The fourth-order valence-electron chi connectivity index (χ4n) is 4.15. The first-order valence-corrected chi connectivity index (χ1v) is 11.4. The quantitative estimate of drug-likeness (QED) is 0.548. The molecule has 2 N–H and O–H groups in total.